The first-order chi connectivity index (χ1) is 9.04. The lowest BCUT2D eigenvalue weighted by Crippen LogP contribution is -2.42. The van der Waals surface area contributed by atoms with Crippen LogP contribution < -0.4 is 5.32 Å². The second-order valence-corrected chi connectivity index (χ2v) is 5.04. The number of hydrogen-bond donors (Lipinski definition) is 2. The van der Waals surface area contributed by atoms with Crippen molar-refractivity contribution in [2.24, 2.45) is 5.92 Å². The number of carbonyl (C=O) groups excluding carboxylic acids is 2. The summed E-state index contributed by atoms with van der Waals surface area (Å²) in [5, 5.41) is 11.5. The largest absolute Gasteiger partial charge is 0.459 e. The molecule has 2 N–H and O–H groups in total. The van der Waals surface area contributed by atoms with Gasteiger partial charge in [0.1, 0.15) is 0 Å². The molecular weight excluding hydrogens is 248 g/mol. The van der Waals surface area contributed by atoms with Gasteiger partial charge in [0.2, 0.25) is 5.91 Å². The maximum Gasteiger partial charge on any atom is 0.293 e. The van der Waals surface area contributed by atoms with Gasteiger partial charge < -0.3 is 9.52 Å². The van der Waals surface area contributed by atoms with Crippen molar-refractivity contribution in [1.29, 1.82) is 0 Å². The third kappa shape index (κ3) is 3.90. The summed E-state index contributed by atoms with van der Waals surface area (Å²) >= 11 is 0. The Balaban J connectivity index is 1.70. The van der Waals surface area contributed by atoms with Crippen LogP contribution >= 0.6 is 0 Å². The predicted molar refractivity (Wildman–Crippen MR) is 67.4 cm³/mol. The van der Waals surface area contributed by atoms with Gasteiger partial charge in [0.05, 0.1) is 18.9 Å². The van der Waals surface area contributed by atoms with E-state index in [1.807, 2.05) is 11.9 Å². The van der Waals surface area contributed by atoms with Crippen molar-refractivity contribution in [2.75, 3.05) is 20.1 Å². The summed E-state index contributed by atoms with van der Waals surface area (Å²) < 4.78 is 4.90. The van der Waals surface area contributed by atoms with E-state index in [1.54, 1.807) is 6.07 Å². The first kappa shape index (κ1) is 13.8. The maximum atomic E-state index is 11.6. The highest BCUT2D eigenvalue weighted by Crippen LogP contribution is 2.27. The second kappa shape index (κ2) is 5.99. The van der Waals surface area contributed by atoms with Gasteiger partial charge >= 0.3 is 0 Å². The molecule has 1 heterocycles. The number of carbonyl (C=O) groups is 2. The Labute approximate surface area is 111 Å². The Morgan fingerprint density at radius 2 is 2.26 bits per heavy atom. The molecule has 2 rings (SSSR count). The molecule has 1 aliphatic rings. The molecule has 0 spiro atoms. The van der Waals surface area contributed by atoms with Crippen molar-refractivity contribution in [1.82, 2.24) is 10.2 Å². The van der Waals surface area contributed by atoms with Crippen molar-refractivity contribution in [3.05, 3.63) is 24.2 Å². The van der Waals surface area contributed by atoms with E-state index in [2.05, 4.69) is 5.32 Å². The minimum absolute atomic E-state index is 0.123. The molecule has 0 atom stereocenters. The molecule has 1 aromatic rings. The molecule has 2 amide bonds. The summed E-state index contributed by atoms with van der Waals surface area (Å²) in [6.07, 6.45) is 2.77. The molecule has 6 nitrogen and oxygen atoms in total. The van der Waals surface area contributed by atoms with E-state index < -0.39 is 5.91 Å². The Morgan fingerprint density at radius 1 is 1.53 bits per heavy atom. The zero-order valence-corrected chi connectivity index (χ0v) is 10.8. The van der Waals surface area contributed by atoms with E-state index in [0.717, 1.165) is 19.4 Å². The van der Waals surface area contributed by atoms with Gasteiger partial charge in [-0.2, -0.15) is 0 Å². The van der Waals surface area contributed by atoms with Crippen LogP contribution in [0.2, 0.25) is 0 Å². The van der Waals surface area contributed by atoms with Crippen molar-refractivity contribution < 1.29 is 19.1 Å². The fourth-order valence-corrected chi connectivity index (χ4v) is 2.24. The Morgan fingerprint density at radius 3 is 2.84 bits per heavy atom. The average Bonchev–Trinajstić information content (AvgIpc) is 2.79. The molecule has 104 valence electrons. The lowest BCUT2D eigenvalue weighted by molar-refractivity contribution is -0.121. The Hall–Kier alpha value is -1.66. The highest BCUT2D eigenvalue weighted by atomic mass is 16.3. The molecule has 1 aliphatic carbocycles. The average molecular weight is 266 g/mol. The van der Waals surface area contributed by atoms with Gasteiger partial charge in [-0.15, -0.1) is 0 Å². The number of likely N-dealkylation sites (N-methyl/N-ethyl adjacent to an activating group) is 1. The molecule has 0 bridgehead atoms. The summed E-state index contributed by atoms with van der Waals surface area (Å²) in [6.45, 7) is 0.901. The molecule has 19 heavy (non-hydrogen) atoms. The number of aliphatic hydroxyl groups is 1. The second-order valence-electron chi connectivity index (χ2n) is 5.04. The van der Waals surface area contributed by atoms with Crippen molar-refractivity contribution >= 4 is 11.8 Å². The number of hydrogen-bond acceptors (Lipinski definition) is 5. The number of rotatable bonds is 5. The fourth-order valence-electron chi connectivity index (χ4n) is 2.24. The van der Waals surface area contributed by atoms with E-state index in [-0.39, 0.29) is 24.3 Å². The van der Waals surface area contributed by atoms with Crippen LogP contribution in [0.15, 0.2) is 22.8 Å². The van der Waals surface area contributed by atoms with Crippen molar-refractivity contribution in [3.8, 4) is 0 Å². The number of aliphatic hydroxyl groups excluding tert-OH is 1. The molecule has 1 aromatic heterocycles. The van der Waals surface area contributed by atoms with Crippen molar-refractivity contribution in [2.45, 2.75) is 18.9 Å². The quantitative estimate of drug-likeness (QED) is 0.797. The molecule has 0 aromatic carbocycles. The van der Waals surface area contributed by atoms with Gasteiger partial charge in [-0.25, -0.2) is 0 Å². The van der Waals surface area contributed by atoms with Gasteiger partial charge in [-0.1, -0.05) is 0 Å². The molecule has 0 radical (unpaired) electrons. The first-order valence-corrected chi connectivity index (χ1v) is 6.29. The highest BCUT2D eigenvalue weighted by molar-refractivity contribution is 6.03. The van der Waals surface area contributed by atoms with E-state index in [0.29, 0.717) is 5.92 Å². The van der Waals surface area contributed by atoms with Crippen LogP contribution in [0, 0.1) is 5.92 Å². The van der Waals surface area contributed by atoms with Gasteiger partial charge in [0, 0.05) is 6.54 Å². The maximum absolute atomic E-state index is 11.6. The van der Waals surface area contributed by atoms with Crippen LogP contribution in [0.1, 0.15) is 23.4 Å². The zero-order chi connectivity index (χ0) is 13.8. The summed E-state index contributed by atoms with van der Waals surface area (Å²) in [5.41, 5.74) is 0. The first-order valence-electron chi connectivity index (χ1n) is 6.29. The molecule has 6 heteroatoms. The normalized spacial score (nSPS) is 22.1. The van der Waals surface area contributed by atoms with E-state index >= 15 is 0 Å². The van der Waals surface area contributed by atoms with Gasteiger partial charge in [-0.3, -0.25) is 19.8 Å². The van der Waals surface area contributed by atoms with Gasteiger partial charge in [0.25, 0.3) is 5.91 Å². The van der Waals surface area contributed by atoms with Crippen LogP contribution in [0.3, 0.4) is 0 Å². The standard InChI is InChI=1S/C13H18N2O4/c1-15(7-9-5-10(16)6-9)8-12(17)14-13(18)11-3-2-4-19-11/h2-4,9-10,16H,5-8H2,1H3,(H,14,17,18). The van der Waals surface area contributed by atoms with Crippen LogP contribution in [0.5, 0.6) is 0 Å². The van der Waals surface area contributed by atoms with Crippen LogP contribution in [0.4, 0.5) is 0 Å². The SMILES string of the molecule is CN(CC(=O)NC(=O)c1ccco1)CC1CC(O)C1. The summed E-state index contributed by atoms with van der Waals surface area (Å²) in [6, 6.07) is 3.09. The molecule has 1 saturated carbocycles. The predicted octanol–water partition coefficient (Wildman–Crippen LogP) is 0.239. The van der Waals surface area contributed by atoms with Gasteiger partial charge in [-0.05, 0) is 37.9 Å². The minimum Gasteiger partial charge on any atom is -0.459 e. The third-order valence-electron chi connectivity index (χ3n) is 3.19. The lowest BCUT2D eigenvalue weighted by Gasteiger charge is -2.34. The highest BCUT2D eigenvalue weighted by Gasteiger charge is 2.28. The number of amides is 2. The van der Waals surface area contributed by atoms with Crippen LogP contribution in [-0.4, -0.2) is 48.1 Å². The molecule has 1 fully saturated rings. The smallest absolute Gasteiger partial charge is 0.293 e. The number of nitrogens with one attached hydrogen (secondary N) is 1. The number of nitrogens with zero attached hydrogens (tertiary/aromatic N) is 1. The molecule has 0 unspecified atom stereocenters. The number of imide groups is 1. The summed E-state index contributed by atoms with van der Waals surface area (Å²) in [4.78, 5) is 25.0. The van der Waals surface area contributed by atoms with E-state index in [1.165, 1.54) is 12.3 Å². The Bertz CT molecular complexity index is 438. The molecular formula is C13H18N2O4. The Kier molecular flexibility index (Phi) is 4.34. The van der Waals surface area contributed by atoms with E-state index in [4.69, 9.17) is 4.42 Å². The monoisotopic (exact) mass is 266 g/mol. The van der Waals surface area contributed by atoms with Crippen molar-refractivity contribution in [3.63, 3.8) is 0 Å². The van der Waals surface area contributed by atoms with Gasteiger partial charge in [0.15, 0.2) is 5.76 Å². The van der Waals surface area contributed by atoms with Crippen LogP contribution in [0.25, 0.3) is 0 Å². The number of furan rings is 1. The minimum atomic E-state index is -0.525. The lowest BCUT2D eigenvalue weighted by atomic mass is 9.82. The molecule has 0 saturated heterocycles. The summed E-state index contributed by atoms with van der Waals surface area (Å²) in [5.74, 6) is -0.321. The summed E-state index contributed by atoms with van der Waals surface area (Å²) in [7, 11) is 1.82. The zero-order valence-electron chi connectivity index (χ0n) is 10.8. The topological polar surface area (TPSA) is 82.8 Å². The van der Waals surface area contributed by atoms with Crippen LogP contribution in [-0.2, 0) is 4.79 Å². The molecule has 0 aliphatic heterocycles. The fraction of sp³-hybridized carbons (Fsp3) is 0.538. The van der Waals surface area contributed by atoms with E-state index in [9.17, 15) is 14.7 Å². The third-order valence-corrected chi connectivity index (χ3v) is 3.19.